The van der Waals surface area contributed by atoms with E-state index in [4.69, 9.17) is 4.42 Å². The molecule has 0 saturated carbocycles. The molecule has 8 nitrogen and oxygen atoms in total. The lowest BCUT2D eigenvalue weighted by atomic mass is 10.1. The van der Waals surface area contributed by atoms with E-state index in [2.05, 4.69) is 31.2 Å². The van der Waals surface area contributed by atoms with Crippen molar-refractivity contribution < 1.29 is 9.21 Å². The highest BCUT2D eigenvalue weighted by Gasteiger charge is 2.25. The zero-order valence-corrected chi connectivity index (χ0v) is 14.7. The van der Waals surface area contributed by atoms with Gasteiger partial charge in [0, 0.05) is 51.2 Å². The standard InChI is InChI=1S/C18H22N6O2/c1-22-10-14(9-21-22)11-23-12-15(24-16(13-23)5-7-20-24)4-6-19-18(25)17-3-2-8-26-17/h2-3,5,7-10,15H,4,6,11-13H2,1H3,(H,19,25). The van der Waals surface area contributed by atoms with E-state index in [-0.39, 0.29) is 11.9 Å². The molecule has 8 heteroatoms. The van der Waals surface area contributed by atoms with Crippen molar-refractivity contribution in [2.75, 3.05) is 13.1 Å². The molecule has 0 fully saturated rings. The topological polar surface area (TPSA) is 81.1 Å². The summed E-state index contributed by atoms with van der Waals surface area (Å²) in [6.45, 7) is 3.18. The number of aromatic nitrogens is 4. The molecule has 0 aromatic carbocycles. The maximum Gasteiger partial charge on any atom is 0.286 e. The molecular formula is C18H22N6O2. The van der Waals surface area contributed by atoms with E-state index in [0.717, 1.165) is 26.1 Å². The van der Waals surface area contributed by atoms with Crippen LogP contribution in [-0.4, -0.2) is 43.5 Å². The summed E-state index contributed by atoms with van der Waals surface area (Å²) in [7, 11) is 1.93. The van der Waals surface area contributed by atoms with E-state index in [0.29, 0.717) is 12.3 Å². The summed E-state index contributed by atoms with van der Waals surface area (Å²) in [5.41, 5.74) is 2.40. The minimum Gasteiger partial charge on any atom is -0.459 e. The second-order valence-corrected chi connectivity index (χ2v) is 6.63. The van der Waals surface area contributed by atoms with Crippen LogP contribution in [-0.2, 0) is 20.1 Å². The average Bonchev–Trinajstić information content (AvgIpc) is 3.36. The molecule has 1 unspecified atom stereocenters. The average molecular weight is 354 g/mol. The number of rotatable bonds is 6. The highest BCUT2D eigenvalue weighted by atomic mass is 16.3. The van der Waals surface area contributed by atoms with Crippen LogP contribution in [0.5, 0.6) is 0 Å². The van der Waals surface area contributed by atoms with E-state index >= 15 is 0 Å². The van der Waals surface area contributed by atoms with Crippen LogP contribution in [0, 0.1) is 0 Å². The van der Waals surface area contributed by atoms with Gasteiger partial charge in [-0.1, -0.05) is 0 Å². The molecule has 0 bridgehead atoms. The molecule has 0 saturated heterocycles. The molecule has 1 atom stereocenters. The molecule has 0 spiro atoms. The van der Waals surface area contributed by atoms with Gasteiger partial charge in [0.25, 0.3) is 5.91 Å². The number of hydrogen-bond donors (Lipinski definition) is 1. The Balaban J connectivity index is 1.37. The van der Waals surface area contributed by atoms with Gasteiger partial charge in [0.15, 0.2) is 5.76 Å². The Bertz CT molecular complexity index is 866. The maximum atomic E-state index is 12.0. The Kier molecular flexibility index (Phi) is 4.57. The van der Waals surface area contributed by atoms with E-state index in [1.54, 1.807) is 12.1 Å². The first-order valence-electron chi connectivity index (χ1n) is 8.73. The van der Waals surface area contributed by atoms with Crippen LogP contribution in [0.1, 0.15) is 34.3 Å². The summed E-state index contributed by atoms with van der Waals surface area (Å²) in [5, 5.41) is 11.6. The third-order valence-electron chi connectivity index (χ3n) is 4.63. The molecule has 136 valence electrons. The molecule has 1 aliphatic heterocycles. The summed E-state index contributed by atoms with van der Waals surface area (Å²) in [5.74, 6) is 0.158. The predicted molar refractivity (Wildman–Crippen MR) is 94.2 cm³/mol. The summed E-state index contributed by atoms with van der Waals surface area (Å²) in [6.07, 6.45) is 8.11. The molecule has 3 aromatic heterocycles. The SMILES string of the molecule is Cn1cc(CN2Cc3ccnn3C(CCNC(=O)c3ccco3)C2)cn1. The lowest BCUT2D eigenvalue weighted by Gasteiger charge is -2.33. The lowest BCUT2D eigenvalue weighted by Crippen LogP contribution is -2.38. The van der Waals surface area contributed by atoms with Gasteiger partial charge in [-0.05, 0) is 24.6 Å². The fourth-order valence-corrected chi connectivity index (χ4v) is 3.46. The van der Waals surface area contributed by atoms with Gasteiger partial charge in [-0.25, -0.2) is 0 Å². The molecule has 26 heavy (non-hydrogen) atoms. The van der Waals surface area contributed by atoms with Crippen LogP contribution in [0.2, 0.25) is 0 Å². The molecule has 0 aliphatic carbocycles. The van der Waals surface area contributed by atoms with Gasteiger partial charge in [0.05, 0.1) is 24.2 Å². The first-order valence-corrected chi connectivity index (χ1v) is 8.73. The maximum absolute atomic E-state index is 12.0. The first kappa shape index (κ1) is 16.6. The molecule has 0 radical (unpaired) electrons. The fourth-order valence-electron chi connectivity index (χ4n) is 3.46. The molecular weight excluding hydrogens is 332 g/mol. The smallest absolute Gasteiger partial charge is 0.286 e. The van der Waals surface area contributed by atoms with Gasteiger partial charge in [-0.15, -0.1) is 0 Å². The molecule has 1 aliphatic rings. The van der Waals surface area contributed by atoms with Gasteiger partial charge in [0.1, 0.15) is 0 Å². The Morgan fingerprint density at radius 2 is 2.31 bits per heavy atom. The van der Waals surface area contributed by atoms with Crippen LogP contribution in [0.4, 0.5) is 0 Å². The van der Waals surface area contributed by atoms with Crippen molar-refractivity contribution >= 4 is 5.91 Å². The van der Waals surface area contributed by atoms with Crippen molar-refractivity contribution in [1.82, 2.24) is 29.8 Å². The van der Waals surface area contributed by atoms with E-state index in [1.807, 2.05) is 30.3 Å². The molecule has 1 N–H and O–H groups in total. The molecule has 3 aromatic rings. The minimum atomic E-state index is -0.182. The number of aryl methyl sites for hydroxylation is 1. The number of fused-ring (bicyclic) bond motifs is 1. The monoisotopic (exact) mass is 354 g/mol. The number of carbonyl (C=O) groups excluding carboxylic acids is 1. The Labute approximate surface area is 151 Å². The lowest BCUT2D eigenvalue weighted by molar-refractivity contribution is 0.0919. The third kappa shape index (κ3) is 3.55. The summed E-state index contributed by atoms with van der Waals surface area (Å²) >= 11 is 0. The van der Waals surface area contributed by atoms with Crippen molar-refractivity contribution in [3.05, 3.63) is 60.1 Å². The van der Waals surface area contributed by atoms with Crippen molar-refractivity contribution in [3.63, 3.8) is 0 Å². The Morgan fingerprint density at radius 1 is 1.38 bits per heavy atom. The number of hydrogen-bond acceptors (Lipinski definition) is 5. The normalized spacial score (nSPS) is 17.2. The Morgan fingerprint density at radius 3 is 3.08 bits per heavy atom. The van der Waals surface area contributed by atoms with Crippen molar-refractivity contribution in [2.24, 2.45) is 7.05 Å². The molecule has 4 heterocycles. The van der Waals surface area contributed by atoms with Crippen molar-refractivity contribution in [1.29, 1.82) is 0 Å². The number of carbonyl (C=O) groups is 1. The van der Waals surface area contributed by atoms with E-state index in [1.165, 1.54) is 17.5 Å². The van der Waals surface area contributed by atoms with Crippen molar-refractivity contribution in [3.8, 4) is 0 Å². The number of nitrogens with zero attached hydrogens (tertiary/aromatic N) is 5. The predicted octanol–water partition coefficient (Wildman–Crippen LogP) is 1.59. The number of furan rings is 1. The van der Waals surface area contributed by atoms with Gasteiger partial charge in [0.2, 0.25) is 0 Å². The Hall–Kier alpha value is -2.87. The molecule has 1 amide bonds. The van der Waals surface area contributed by atoms with E-state index < -0.39 is 0 Å². The van der Waals surface area contributed by atoms with Crippen LogP contribution in [0.15, 0.2) is 47.5 Å². The van der Waals surface area contributed by atoms with Gasteiger partial charge in [-0.3, -0.25) is 19.1 Å². The van der Waals surface area contributed by atoms with E-state index in [9.17, 15) is 4.79 Å². The van der Waals surface area contributed by atoms with Crippen LogP contribution in [0.3, 0.4) is 0 Å². The number of nitrogens with one attached hydrogen (secondary N) is 1. The second-order valence-electron chi connectivity index (χ2n) is 6.63. The second kappa shape index (κ2) is 7.17. The van der Waals surface area contributed by atoms with Crippen LogP contribution < -0.4 is 5.32 Å². The minimum absolute atomic E-state index is 0.182. The highest BCUT2D eigenvalue weighted by Crippen LogP contribution is 2.24. The summed E-state index contributed by atoms with van der Waals surface area (Å²) in [4.78, 5) is 14.4. The highest BCUT2D eigenvalue weighted by molar-refractivity contribution is 5.91. The summed E-state index contributed by atoms with van der Waals surface area (Å²) in [6, 6.07) is 5.66. The zero-order valence-electron chi connectivity index (χ0n) is 14.7. The van der Waals surface area contributed by atoms with Gasteiger partial charge >= 0.3 is 0 Å². The fraction of sp³-hybridized carbons (Fsp3) is 0.389. The first-order chi connectivity index (χ1) is 12.7. The number of amides is 1. The van der Waals surface area contributed by atoms with Gasteiger partial charge in [-0.2, -0.15) is 10.2 Å². The van der Waals surface area contributed by atoms with Crippen LogP contribution in [0.25, 0.3) is 0 Å². The zero-order chi connectivity index (χ0) is 17.9. The van der Waals surface area contributed by atoms with Gasteiger partial charge < -0.3 is 9.73 Å². The largest absolute Gasteiger partial charge is 0.459 e. The summed E-state index contributed by atoms with van der Waals surface area (Å²) < 4.78 is 9.03. The quantitative estimate of drug-likeness (QED) is 0.727. The van der Waals surface area contributed by atoms with Crippen LogP contribution >= 0.6 is 0 Å². The molecule has 4 rings (SSSR count). The third-order valence-corrected chi connectivity index (χ3v) is 4.63. The van der Waals surface area contributed by atoms with Crippen molar-refractivity contribution in [2.45, 2.75) is 25.6 Å².